The molecule has 2 rings (SSSR count). The van der Waals surface area contributed by atoms with Crippen LogP contribution in [0.15, 0.2) is 29.2 Å². The second-order valence-electron chi connectivity index (χ2n) is 5.96. The molecule has 1 aliphatic carbocycles. The smallest absolute Gasteiger partial charge is 0.238 e. The number of rotatable bonds is 6. The molecule has 21 heavy (non-hydrogen) atoms. The van der Waals surface area contributed by atoms with Crippen molar-refractivity contribution in [1.82, 2.24) is 5.32 Å². The second-order valence-corrected chi connectivity index (χ2v) is 7.52. The van der Waals surface area contributed by atoms with Gasteiger partial charge in [0.1, 0.15) is 0 Å². The monoisotopic (exact) mass is 310 g/mol. The van der Waals surface area contributed by atoms with Gasteiger partial charge in [-0.3, -0.25) is 4.79 Å². The van der Waals surface area contributed by atoms with E-state index >= 15 is 0 Å². The van der Waals surface area contributed by atoms with Gasteiger partial charge >= 0.3 is 0 Å². The Morgan fingerprint density at radius 1 is 1.38 bits per heavy atom. The van der Waals surface area contributed by atoms with E-state index in [1.54, 1.807) is 12.1 Å². The van der Waals surface area contributed by atoms with E-state index in [4.69, 9.17) is 5.14 Å². The van der Waals surface area contributed by atoms with Gasteiger partial charge in [-0.25, -0.2) is 13.6 Å². The largest absolute Gasteiger partial charge is 0.353 e. The first-order valence-electron chi connectivity index (χ1n) is 7.19. The molecule has 0 aliphatic heterocycles. The first-order chi connectivity index (χ1) is 9.77. The molecule has 3 unspecified atom stereocenters. The Bertz CT molecular complexity index is 610. The maximum Gasteiger partial charge on any atom is 0.238 e. The predicted octanol–water partition coefficient (Wildman–Crippen LogP) is 1.43. The number of sulfonamides is 1. The third kappa shape index (κ3) is 4.54. The van der Waals surface area contributed by atoms with Crippen molar-refractivity contribution in [2.45, 2.75) is 44.0 Å². The Balaban J connectivity index is 1.81. The van der Waals surface area contributed by atoms with E-state index in [2.05, 4.69) is 12.2 Å². The number of benzene rings is 1. The van der Waals surface area contributed by atoms with Crippen molar-refractivity contribution >= 4 is 15.9 Å². The maximum absolute atomic E-state index is 11.8. The molecule has 1 aromatic carbocycles. The fourth-order valence-electron chi connectivity index (χ4n) is 2.34. The van der Waals surface area contributed by atoms with Crippen molar-refractivity contribution < 1.29 is 13.2 Å². The van der Waals surface area contributed by atoms with E-state index in [0.717, 1.165) is 24.8 Å². The zero-order valence-electron chi connectivity index (χ0n) is 12.4. The van der Waals surface area contributed by atoms with Crippen LogP contribution in [0.2, 0.25) is 0 Å². The number of amides is 1. The van der Waals surface area contributed by atoms with Crippen molar-refractivity contribution in [1.29, 1.82) is 0 Å². The van der Waals surface area contributed by atoms with Crippen LogP contribution in [0.25, 0.3) is 0 Å². The Morgan fingerprint density at radius 2 is 1.95 bits per heavy atom. The molecule has 0 saturated heterocycles. The molecule has 0 spiro atoms. The normalized spacial score (nSPS) is 22.6. The lowest BCUT2D eigenvalue weighted by Gasteiger charge is -2.14. The number of nitrogens with two attached hydrogens (primary N) is 1. The summed E-state index contributed by atoms with van der Waals surface area (Å²) in [5.41, 5.74) is 1.03. The highest BCUT2D eigenvalue weighted by Gasteiger charge is 2.39. The van der Waals surface area contributed by atoms with Gasteiger partial charge in [-0.2, -0.15) is 0 Å². The lowest BCUT2D eigenvalue weighted by Crippen LogP contribution is -2.34. The van der Waals surface area contributed by atoms with E-state index in [0.29, 0.717) is 5.92 Å². The zero-order chi connectivity index (χ0) is 15.6. The van der Waals surface area contributed by atoms with Crippen LogP contribution in [0.1, 0.15) is 32.3 Å². The molecular weight excluding hydrogens is 288 g/mol. The van der Waals surface area contributed by atoms with Gasteiger partial charge in [0.25, 0.3) is 0 Å². The van der Waals surface area contributed by atoms with Crippen molar-refractivity contribution in [3.8, 4) is 0 Å². The van der Waals surface area contributed by atoms with Gasteiger partial charge in [0, 0.05) is 12.0 Å². The van der Waals surface area contributed by atoms with Crippen molar-refractivity contribution in [3.63, 3.8) is 0 Å². The lowest BCUT2D eigenvalue weighted by molar-refractivity contribution is -0.123. The maximum atomic E-state index is 11.8. The summed E-state index contributed by atoms with van der Waals surface area (Å²) in [6.45, 7) is 4.08. The highest BCUT2D eigenvalue weighted by Crippen LogP contribution is 2.37. The molecule has 1 aromatic rings. The molecule has 1 fully saturated rings. The highest BCUT2D eigenvalue weighted by molar-refractivity contribution is 7.89. The summed E-state index contributed by atoms with van der Waals surface area (Å²) in [4.78, 5) is 11.9. The predicted molar refractivity (Wildman–Crippen MR) is 81.0 cm³/mol. The van der Waals surface area contributed by atoms with E-state index in [1.807, 2.05) is 6.92 Å². The van der Waals surface area contributed by atoms with Crippen LogP contribution in [0, 0.1) is 11.8 Å². The van der Waals surface area contributed by atoms with Crippen molar-refractivity contribution in [3.05, 3.63) is 29.8 Å². The Kier molecular flexibility index (Phi) is 4.68. The first kappa shape index (κ1) is 16.0. The van der Waals surface area contributed by atoms with E-state index in [9.17, 15) is 13.2 Å². The summed E-state index contributed by atoms with van der Waals surface area (Å²) in [6.07, 6.45) is 2.60. The molecule has 1 amide bonds. The molecule has 3 atom stereocenters. The number of aryl methyl sites for hydroxylation is 1. The summed E-state index contributed by atoms with van der Waals surface area (Å²) in [5, 5.41) is 8.08. The Morgan fingerprint density at radius 3 is 2.43 bits per heavy atom. The number of primary sulfonamides is 1. The Labute approximate surface area is 126 Å². The molecule has 1 aliphatic rings. The number of hydrogen-bond acceptors (Lipinski definition) is 3. The quantitative estimate of drug-likeness (QED) is 0.833. The van der Waals surface area contributed by atoms with Gasteiger partial charge < -0.3 is 5.32 Å². The average molecular weight is 310 g/mol. The zero-order valence-corrected chi connectivity index (χ0v) is 13.2. The minimum atomic E-state index is -3.63. The highest BCUT2D eigenvalue weighted by atomic mass is 32.2. The second kappa shape index (κ2) is 6.15. The average Bonchev–Trinajstić information content (AvgIpc) is 3.13. The van der Waals surface area contributed by atoms with Gasteiger partial charge in [0.2, 0.25) is 15.9 Å². The molecular formula is C15H22N2O3S. The van der Waals surface area contributed by atoms with Crippen LogP contribution in [0.4, 0.5) is 0 Å². The van der Waals surface area contributed by atoms with Gasteiger partial charge in [-0.05, 0) is 49.8 Å². The number of carbonyl (C=O) groups is 1. The molecule has 5 nitrogen and oxygen atoms in total. The Hall–Kier alpha value is -1.40. The molecule has 0 heterocycles. The fourth-order valence-corrected chi connectivity index (χ4v) is 2.85. The molecule has 116 valence electrons. The third-order valence-electron chi connectivity index (χ3n) is 3.95. The van der Waals surface area contributed by atoms with E-state index in [-0.39, 0.29) is 22.8 Å². The van der Waals surface area contributed by atoms with Crippen LogP contribution < -0.4 is 10.5 Å². The summed E-state index contributed by atoms with van der Waals surface area (Å²) in [5.74, 6) is 0.865. The van der Waals surface area contributed by atoms with Crippen LogP contribution in [0.3, 0.4) is 0 Å². The van der Waals surface area contributed by atoms with Gasteiger partial charge in [-0.15, -0.1) is 0 Å². The first-order valence-corrected chi connectivity index (χ1v) is 8.74. The van der Waals surface area contributed by atoms with Crippen molar-refractivity contribution in [2.24, 2.45) is 17.0 Å². The number of carbonyl (C=O) groups excluding carboxylic acids is 1. The van der Waals surface area contributed by atoms with Gasteiger partial charge in [0.05, 0.1) is 4.90 Å². The SMILES string of the molecule is CC(CCc1ccc(S(N)(=O)=O)cc1)NC(=O)C1CC1C. The van der Waals surface area contributed by atoms with Crippen molar-refractivity contribution in [2.75, 3.05) is 0 Å². The number of nitrogens with one attached hydrogen (secondary N) is 1. The summed E-state index contributed by atoms with van der Waals surface area (Å²) in [6, 6.07) is 6.66. The minimum Gasteiger partial charge on any atom is -0.353 e. The topological polar surface area (TPSA) is 89.3 Å². The summed E-state index contributed by atoms with van der Waals surface area (Å²) >= 11 is 0. The van der Waals surface area contributed by atoms with E-state index < -0.39 is 10.0 Å². The molecule has 6 heteroatoms. The van der Waals surface area contributed by atoms with Gasteiger partial charge in [0.15, 0.2) is 0 Å². The lowest BCUT2D eigenvalue weighted by atomic mass is 10.1. The summed E-state index contributed by atoms with van der Waals surface area (Å²) < 4.78 is 22.3. The molecule has 0 radical (unpaired) electrons. The van der Waals surface area contributed by atoms with Crippen LogP contribution in [0.5, 0.6) is 0 Å². The number of hydrogen-bond donors (Lipinski definition) is 2. The molecule has 3 N–H and O–H groups in total. The standard InChI is InChI=1S/C15H22N2O3S/c1-10-9-14(10)15(18)17-11(2)3-4-12-5-7-13(8-6-12)21(16,19)20/h5-8,10-11,14H,3-4,9H2,1-2H3,(H,17,18)(H2,16,19,20). The molecule has 0 aromatic heterocycles. The summed E-state index contributed by atoms with van der Waals surface area (Å²) in [7, 11) is -3.63. The van der Waals surface area contributed by atoms with Crippen LogP contribution in [-0.4, -0.2) is 20.4 Å². The minimum absolute atomic E-state index is 0.114. The fraction of sp³-hybridized carbons (Fsp3) is 0.533. The van der Waals surface area contributed by atoms with Gasteiger partial charge in [-0.1, -0.05) is 19.1 Å². The molecule has 0 bridgehead atoms. The van der Waals surface area contributed by atoms with E-state index in [1.165, 1.54) is 12.1 Å². The van der Waals surface area contributed by atoms with Crippen LogP contribution in [-0.2, 0) is 21.2 Å². The van der Waals surface area contributed by atoms with Crippen LogP contribution >= 0.6 is 0 Å². The molecule has 1 saturated carbocycles. The third-order valence-corrected chi connectivity index (χ3v) is 4.88.